The fourth-order valence-electron chi connectivity index (χ4n) is 0.249. The van der Waals surface area contributed by atoms with E-state index in [0.717, 1.165) is 0 Å². The Morgan fingerprint density at radius 1 is 1.58 bits per heavy atom. The van der Waals surface area contributed by atoms with Gasteiger partial charge in [-0.15, -0.1) is 12.4 Å². The molecule has 0 aromatic heterocycles. The molecule has 0 aromatic carbocycles. The molecule has 0 fully saturated rings. The van der Waals surface area contributed by atoms with Crippen LogP contribution in [0.3, 0.4) is 0 Å². The molecule has 1 atom stereocenters. The Bertz CT molecular complexity index is 191. The number of phosphoric acid groups is 1. The topological polar surface area (TPSA) is 130 Å². The zero-order valence-electron chi connectivity index (χ0n) is 5.78. The zero-order chi connectivity index (χ0) is 9.07. The number of nitrogens with two attached hydrogens (primary N) is 1. The van der Waals surface area contributed by atoms with Crippen molar-refractivity contribution in [2.24, 2.45) is 5.73 Å². The van der Waals surface area contributed by atoms with Crippen molar-refractivity contribution in [2.75, 3.05) is 6.61 Å². The number of phosphoric ester groups is 1. The standard InChI is InChI=1S/C3H8NO6P.ClH/c4-2(3(5)6)1-10-11(7,8)9;/h2H,1,4H2,(H,5,6)(H2,7,8,9);1H/t2-;/m0./s1. The number of hydrogen-bond donors (Lipinski definition) is 4. The molecular weight excluding hydrogens is 212 g/mol. The van der Waals surface area contributed by atoms with Crippen LogP contribution in [0.4, 0.5) is 0 Å². The van der Waals surface area contributed by atoms with E-state index in [9.17, 15) is 9.36 Å². The van der Waals surface area contributed by atoms with Gasteiger partial charge in [-0.2, -0.15) is 0 Å². The van der Waals surface area contributed by atoms with Gasteiger partial charge in [0.1, 0.15) is 6.04 Å². The van der Waals surface area contributed by atoms with Crippen molar-refractivity contribution < 1.29 is 28.8 Å². The molecule has 0 spiro atoms. The maximum absolute atomic E-state index is 9.98. The summed E-state index contributed by atoms with van der Waals surface area (Å²) in [4.78, 5) is 26.1. The minimum Gasteiger partial charge on any atom is -0.480 e. The highest BCUT2D eigenvalue weighted by Crippen LogP contribution is 2.35. The van der Waals surface area contributed by atoms with E-state index in [2.05, 4.69) is 4.52 Å². The molecule has 0 aliphatic carbocycles. The molecular formula is C3H9ClNO6P. The maximum atomic E-state index is 9.98. The normalized spacial score (nSPS) is 13.2. The lowest BCUT2D eigenvalue weighted by Crippen LogP contribution is -2.34. The summed E-state index contributed by atoms with van der Waals surface area (Å²) in [7, 11) is -4.60. The summed E-state index contributed by atoms with van der Waals surface area (Å²) in [6, 6.07) is -1.41. The highest BCUT2D eigenvalue weighted by atomic mass is 35.5. The van der Waals surface area contributed by atoms with Gasteiger partial charge in [-0.05, 0) is 0 Å². The fourth-order valence-corrected chi connectivity index (χ4v) is 0.603. The SMILES string of the molecule is Cl.N[C@@H](COP(=O)(O)O)C(=O)O. The molecule has 0 bridgehead atoms. The second kappa shape index (κ2) is 5.47. The second-order valence-electron chi connectivity index (χ2n) is 1.73. The Hall–Kier alpha value is -0.170. The number of carboxylic acid groups (broad SMARTS) is 1. The van der Waals surface area contributed by atoms with Gasteiger partial charge in [0.05, 0.1) is 6.61 Å². The third-order valence-corrected chi connectivity index (χ3v) is 1.22. The first-order valence-electron chi connectivity index (χ1n) is 2.51. The van der Waals surface area contributed by atoms with Crippen molar-refractivity contribution in [3.8, 4) is 0 Å². The number of rotatable bonds is 4. The van der Waals surface area contributed by atoms with Gasteiger partial charge in [0.2, 0.25) is 0 Å². The van der Waals surface area contributed by atoms with E-state index in [4.69, 9.17) is 20.6 Å². The molecule has 0 amide bonds. The third kappa shape index (κ3) is 7.93. The summed E-state index contributed by atoms with van der Waals surface area (Å²) in [5.41, 5.74) is 4.86. The van der Waals surface area contributed by atoms with Gasteiger partial charge < -0.3 is 20.6 Å². The Morgan fingerprint density at radius 2 is 2.00 bits per heavy atom. The van der Waals surface area contributed by atoms with Crippen LogP contribution in [0.2, 0.25) is 0 Å². The lowest BCUT2D eigenvalue weighted by atomic mass is 10.3. The minimum atomic E-state index is -4.60. The molecule has 0 saturated carbocycles. The van der Waals surface area contributed by atoms with Crippen LogP contribution in [0, 0.1) is 0 Å². The number of halogens is 1. The molecule has 0 rings (SSSR count). The molecule has 9 heteroatoms. The van der Waals surface area contributed by atoms with Crippen molar-refractivity contribution in [2.45, 2.75) is 6.04 Å². The lowest BCUT2D eigenvalue weighted by molar-refractivity contribution is -0.139. The van der Waals surface area contributed by atoms with E-state index in [1.54, 1.807) is 0 Å². The van der Waals surface area contributed by atoms with Crippen molar-refractivity contribution >= 4 is 26.2 Å². The van der Waals surface area contributed by atoms with Gasteiger partial charge in [0, 0.05) is 0 Å². The Balaban J connectivity index is 0. The van der Waals surface area contributed by atoms with Crippen LogP contribution in [-0.4, -0.2) is 33.5 Å². The predicted octanol–water partition coefficient (Wildman–Crippen LogP) is -1.07. The zero-order valence-corrected chi connectivity index (χ0v) is 7.49. The summed E-state index contributed by atoms with van der Waals surface area (Å²) < 4.78 is 13.8. The molecule has 74 valence electrons. The van der Waals surface area contributed by atoms with Crippen LogP contribution in [0.1, 0.15) is 0 Å². The van der Waals surface area contributed by atoms with Crippen LogP contribution in [0.25, 0.3) is 0 Å². The average Bonchev–Trinajstić information content (AvgIpc) is 1.80. The smallest absolute Gasteiger partial charge is 0.469 e. The van der Waals surface area contributed by atoms with E-state index in [1.807, 2.05) is 0 Å². The first-order chi connectivity index (χ1) is 4.83. The molecule has 0 unspecified atom stereocenters. The van der Waals surface area contributed by atoms with Crippen molar-refractivity contribution in [3.05, 3.63) is 0 Å². The van der Waals surface area contributed by atoms with Crippen LogP contribution < -0.4 is 5.73 Å². The molecule has 12 heavy (non-hydrogen) atoms. The van der Waals surface area contributed by atoms with Gasteiger partial charge >= 0.3 is 13.8 Å². The monoisotopic (exact) mass is 221 g/mol. The van der Waals surface area contributed by atoms with E-state index in [0.29, 0.717) is 0 Å². The molecule has 0 aliphatic rings. The van der Waals surface area contributed by atoms with Gasteiger partial charge in [0.15, 0.2) is 0 Å². The van der Waals surface area contributed by atoms with E-state index < -0.39 is 26.4 Å². The summed E-state index contributed by atoms with van der Waals surface area (Å²) >= 11 is 0. The molecule has 0 aliphatic heterocycles. The largest absolute Gasteiger partial charge is 0.480 e. The van der Waals surface area contributed by atoms with Crippen molar-refractivity contribution in [1.82, 2.24) is 0 Å². The lowest BCUT2D eigenvalue weighted by Gasteiger charge is -2.07. The summed E-state index contributed by atoms with van der Waals surface area (Å²) in [5.74, 6) is -1.38. The highest BCUT2D eigenvalue weighted by molar-refractivity contribution is 7.46. The minimum absolute atomic E-state index is 0. The van der Waals surface area contributed by atoms with Crippen LogP contribution in [0.15, 0.2) is 0 Å². The first kappa shape index (κ1) is 14.4. The summed E-state index contributed by atoms with van der Waals surface area (Å²) in [6.45, 7) is -0.709. The quantitative estimate of drug-likeness (QED) is 0.445. The van der Waals surface area contributed by atoms with Crippen LogP contribution in [-0.2, 0) is 13.9 Å². The summed E-state index contributed by atoms with van der Waals surface area (Å²) in [6.07, 6.45) is 0. The van der Waals surface area contributed by atoms with Crippen LogP contribution in [0.5, 0.6) is 0 Å². The Labute approximate surface area is 74.2 Å². The fraction of sp³-hybridized carbons (Fsp3) is 0.667. The number of carbonyl (C=O) groups is 1. The van der Waals surface area contributed by atoms with E-state index in [-0.39, 0.29) is 12.4 Å². The molecule has 0 heterocycles. The van der Waals surface area contributed by atoms with Gasteiger partial charge in [0.25, 0.3) is 0 Å². The molecule has 0 radical (unpaired) electrons. The average molecular weight is 222 g/mol. The number of carboxylic acids is 1. The van der Waals surface area contributed by atoms with Crippen molar-refractivity contribution in [1.29, 1.82) is 0 Å². The Kier molecular flexibility index (Phi) is 6.55. The van der Waals surface area contributed by atoms with Crippen molar-refractivity contribution in [3.63, 3.8) is 0 Å². The summed E-state index contributed by atoms with van der Waals surface area (Å²) in [5, 5.41) is 8.12. The molecule has 0 aromatic rings. The molecule has 7 nitrogen and oxygen atoms in total. The molecule has 5 N–H and O–H groups in total. The van der Waals surface area contributed by atoms with E-state index >= 15 is 0 Å². The highest BCUT2D eigenvalue weighted by Gasteiger charge is 2.19. The predicted molar refractivity (Wildman–Crippen MR) is 40.9 cm³/mol. The maximum Gasteiger partial charge on any atom is 0.469 e. The second-order valence-corrected chi connectivity index (χ2v) is 2.97. The number of hydrogen-bond acceptors (Lipinski definition) is 4. The van der Waals surface area contributed by atoms with Gasteiger partial charge in [-0.3, -0.25) is 9.32 Å². The third-order valence-electron chi connectivity index (χ3n) is 0.739. The number of aliphatic carboxylic acids is 1. The van der Waals surface area contributed by atoms with Gasteiger partial charge in [-0.25, -0.2) is 4.57 Å². The Morgan fingerprint density at radius 3 is 2.25 bits per heavy atom. The van der Waals surface area contributed by atoms with E-state index in [1.165, 1.54) is 0 Å². The first-order valence-corrected chi connectivity index (χ1v) is 4.04. The molecule has 0 saturated heterocycles. The van der Waals surface area contributed by atoms with Crippen LogP contribution >= 0.6 is 20.2 Å². The van der Waals surface area contributed by atoms with Gasteiger partial charge in [-0.1, -0.05) is 0 Å².